The van der Waals surface area contributed by atoms with Gasteiger partial charge in [-0.3, -0.25) is 0 Å². The molecular weight excluding hydrogens is 613 g/mol. The predicted octanol–water partition coefficient (Wildman–Crippen LogP) is -4.32. The summed E-state index contributed by atoms with van der Waals surface area (Å²) < 4.78 is 8.39. The van der Waals surface area contributed by atoms with E-state index in [4.69, 9.17) is 2.81 Å². The summed E-state index contributed by atoms with van der Waals surface area (Å²) in [5, 5.41) is 0. The molecule has 0 aliphatic rings. The van der Waals surface area contributed by atoms with Gasteiger partial charge >= 0.3 is 76.8 Å². The summed E-state index contributed by atoms with van der Waals surface area (Å²) in [6.45, 7) is 0. The zero-order chi connectivity index (χ0) is 2.00. The SMILES string of the molecule is [BiH3].[Cu].[Cu].[MgH2].[O]=[BiH].[SiH4]. The first kappa shape index (κ1) is 46.2. The van der Waals surface area contributed by atoms with Gasteiger partial charge in [-0.1, -0.05) is 0 Å². The summed E-state index contributed by atoms with van der Waals surface area (Å²) in [5.74, 6) is 0. The van der Waals surface area contributed by atoms with Crippen LogP contribution in [0.4, 0.5) is 0 Å². The summed E-state index contributed by atoms with van der Waals surface area (Å²) in [4.78, 5) is 0. The molecule has 0 unspecified atom stereocenters. The molecule has 0 aliphatic heterocycles. The molecule has 0 spiro atoms. The van der Waals surface area contributed by atoms with Gasteiger partial charge in [-0.2, -0.15) is 0 Å². The first-order valence-electron chi connectivity index (χ1n) is 0.204. The Hall–Kier alpha value is 3.59. The van der Waals surface area contributed by atoms with Crippen molar-refractivity contribution >= 4 is 84.9 Å². The second-order valence-corrected chi connectivity index (χ2v) is 0. The minimum atomic E-state index is 0. The van der Waals surface area contributed by atoms with Crippen molar-refractivity contribution in [3.05, 3.63) is 0 Å². The van der Waals surface area contributed by atoms with E-state index >= 15 is 0 Å². The topological polar surface area (TPSA) is 17.1 Å². The average Bonchev–Trinajstić information content (AvgIpc) is 1.00. The largest absolute Gasteiger partial charge is 0.0149 e. The normalized spacial score (nSPS) is 0.571. The van der Waals surface area contributed by atoms with Gasteiger partial charge in [-0.05, 0) is 11.0 Å². The minimum Gasteiger partial charge on any atom is -0.0149 e. The first-order valence-corrected chi connectivity index (χ1v) is 1.79. The molecule has 7 heteroatoms. The van der Waals surface area contributed by atoms with Crippen LogP contribution in [0, 0.1) is 0 Å². The van der Waals surface area contributed by atoms with Crippen molar-refractivity contribution < 1.29 is 37.0 Å². The van der Waals surface area contributed by atoms with Crippen LogP contribution in [-0.2, 0) is 37.0 Å². The van der Waals surface area contributed by atoms with Gasteiger partial charge in [0, 0.05) is 34.1 Å². The molecule has 0 aromatic carbocycles. The van der Waals surface area contributed by atoms with Crippen LogP contribution in [-0.4, -0.2) is 84.9 Å². The molecule has 0 saturated heterocycles. The Bertz CT molecular complexity index is 15.7. The summed E-state index contributed by atoms with van der Waals surface area (Å²) >= 11 is 0.0556. The molecule has 0 aliphatic carbocycles. The summed E-state index contributed by atoms with van der Waals surface area (Å²) in [6.07, 6.45) is 0. The smallest absolute Gasteiger partial charge is 0.0149 e. The van der Waals surface area contributed by atoms with Gasteiger partial charge in [-0.25, -0.2) is 0 Å². The van der Waals surface area contributed by atoms with Crippen LogP contribution in [0.5, 0.6) is 0 Å². The Morgan fingerprint density at radius 2 is 1.00 bits per heavy atom. The molecule has 0 saturated carbocycles. The van der Waals surface area contributed by atoms with E-state index < -0.39 is 0 Å². The fraction of sp³-hybridized carbons (Fsp3) is 0. The molecule has 0 N–H and O–H groups in total. The van der Waals surface area contributed by atoms with Crippen molar-refractivity contribution in [1.29, 1.82) is 0 Å². The molecular formula is H10Bi2Cu2MgOSi. The molecule has 7 heavy (non-hydrogen) atoms. The Labute approximate surface area is 119 Å². The van der Waals surface area contributed by atoms with Crippen LogP contribution < -0.4 is 0 Å². The fourth-order valence-electron chi connectivity index (χ4n) is 0. The van der Waals surface area contributed by atoms with Gasteiger partial charge in [0.1, 0.15) is 0 Å². The van der Waals surface area contributed by atoms with Crippen LogP contribution in [0.25, 0.3) is 0 Å². The van der Waals surface area contributed by atoms with Crippen LogP contribution in [0.1, 0.15) is 0 Å². The molecule has 0 heterocycles. The van der Waals surface area contributed by atoms with Crippen molar-refractivity contribution in [2.45, 2.75) is 0 Å². The third-order valence-electron chi connectivity index (χ3n) is 0. The van der Waals surface area contributed by atoms with Gasteiger partial charge < -0.3 is 0 Å². The zero-order valence-electron chi connectivity index (χ0n) is 2.22. The van der Waals surface area contributed by atoms with E-state index in [2.05, 4.69) is 0 Å². The Morgan fingerprint density at radius 3 is 1.00 bits per heavy atom. The maximum atomic E-state index is 8.39. The molecule has 0 aromatic rings. The number of rotatable bonds is 0. The zero-order valence-corrected chi connectivity index (χ0v) is 13.5. The van der Waals surface area contributed by atoms with Crippen LogP contribution in [0.15, 0.2) is 0 Å². The summed E-state index contributed by atoms with van der Waals surface area (Å²) in [6, 6.07) is 0. The van der Waals surface area contributed by atoms with E-state index in [-0.39, 0.29) is 119 Å². The van der Waals surface area contributed by atoms with Gasteiger partial charge in [-0.15, -0.1) is 0 Å². The van der Waals surface area contributed by atoms with E-state index in [1.165, 1.54) is 0 Å². The number of hydrogen-bond donors (Lipinski definition) is 0. The van der Waals surface area contributed by atoms with E-state index in [0.717, 1.165) is 0 Å². The molecule has 54 valence electrons. The summed E-state index contributed by atoms with van der Waals surface area (Å²) in [7, 11) is 0. The first-order chi connectivity index (χ1) is 1.00. The third-order valence-corrected chi connectivity index (χ3v) is 0. The van der Waals surface area contributed by atoms with Crippen molar-refractivity contribution in [2.24, 2.45) is 0 Å². The molecule has 0 amide bonds. The molecule has 0 aromatic heterocycles. The predicted molar refractivity (Wildman–Crippen MR) is 37.7 cm³/mol. The molecule has 1 nitrogen and oxygen atoms in total. The van der Waals surface area contributed by atoms with Crippen molar-refractivity contribution in [3.63, 3.8) is 0 Å². The van der Waals surface area contributed by atoms with Crippen molar-refractivity contribution in [1.82, 2.24) is 0 Å². The number of hydrogen-bond acceptors (Lipinski definition) is 1. The minimum absolute atomic E-state index is 0. The third kappa shape index (κ3) is 42.9. The summed E-state index contributed by atoms with van der Waals surface area (Å²) in [5.41, 5.74) is 0. The Morgan fingerprint density at radius 1 is 1.00 bits per heavy atom. The maximum absolute atomic E-state index is 8.39. The van der Waals surface area contributed by atoms with Gasteiger partial charge in [0.2, 0.25) is 0 Å². The second-order valence-electron chi connectivity index (χ2n) is 0. The average molecular weight is 624 g/mol. The van der Waals surface area contributed by atoms with Gasteiger partial charge in [0.25, 0.3) is 0 Å². The Kier molecular flexibility index (Phi) is 363. The van der Waals surface area contributed by atoms with Crippen molar-refractivity contribution in [3.8, 4) is 0 Å². The molecule has 0 rings (SSSR count). The molecule has 0 atom stereocenters. The van der Waals surface area contributed by atoms with Crippen LogP contribution in [0.3, 0.4) is 0 Å². The Balaban J connectivity index is -0.000000000500. The molecule has 0 bridgehead atoms. The van der Waals surface area contributed by atoms with Crippen LogP contribution in [0.2, 0.25) is 0 Å². The second kappa shape index (κ2) is 54.9. The monoisotopic (exact) mass is 622 g/mol. The fourth-order valence-corrected chi connectivity index (χ4v) is 0. The van der Waals surface area contributed by atoms with E-state index in [1.807, 2.05) is 0 Å². The van der Waals surface area contributed by atoms with Crippen molar-refractivity contribution in [2.75, 3.05) is 0 Å². The standard InChI is InChI=1S/2Bi.2Cu.Mg.O.H4Si.6H/h;;;;;;1H4;;;;;;. The molecule has 0 fully saturated rings. The van der Waals surface area contributed by atoms with E-state index in [9.17, 15) is 0 Å². The van der Waals surface area contributed by atoms with E-state index in [0.29, 0.717) is 0 Å². The quantitative estimate of drug-likeness (QED) is 0.250. The van der Waals surface area contributed by atoms with E-state index in [1.54, 1.807) is 0 Å². The molecule has 2 radical (unpaired) electrons. The van der Waals surface area contributed by atoms with Gasteiger partial charge in [0.05, 0.1) is 0 Å². The van der Waals surface area contributed by atoms with Gasteiger partial charge in [0.15, 0.2) is 0 Å². The van der Waals surface area contributed by atoms with Crippen LogP contribution >= 0.6 is 0 Å². The maximum Gasteiger partial charge on any atom is -0.0149 e.